The third-order valence-electron chi connectivity index (χ3n) is 3.20. The van der Waals surface area contributed by atoms with Crippen molar-refractivity contribution in [3.05, 3.63) is 18.0 Å². The summed E-state index contributed by atoms with van der Waals surface area (Å²) >= 11 is 0. The number of rotatable bonds is 3. The number of carbonyl (C=O) groups is 1. The summed E-state index contributed by atoms with van der Waals surface area (Å²) in [4.78, 5) is 18.0. The molecule has 3 rings (SSSR count). The topological polar surface area (TPSA) is 44.1 Å². The first-order valence-corrected chi connectivity index (χ1v) is 5.60. The van der Waals surface area contributed by atoms with Crippen molar-refractivity contribution in [2.45, 2.75) is 38.0 Å². The van der Waals surface area contributed by atoms with E-state index in [4.69, 9.17) is 4.84 Å². The predicted molar refractivity (Wildman–Crippen MR) is 53.1 cm³/mol. The predicted octanol–water partition coefficient (Wildman–Crippen LogP) is 1.52. The molecule has 0 radical (unpaired) electrons. The van der Waals surface area contributed by atoms with Gasteiger partial charge >= 0.3 is 5.97 Å². The molecule has 1 aromatic rings. The fourth-order valence-electron chi connectivity index (χ4n) is 1.78. The molecule has 1 aromatic heterocycles. The minimum atomic E-state index is -0.133. The Hall–Kier alpha value is -1.32. The fourth-order valence-corrected chi connectivity index (χ4v) is 1.78. The summed E-state index contributed by atoms with van der Waals surface area (Å²) in [6.45, 7) is 0. The van der Waals surface area contributed by atoms with Gasteiger partial charge in [-0.1, -0.05) is 11.3 Å². The standard InChI is InChI=1S/C11H14N2O2/c14-11(9-2-1-3-9)15-13-7-6-10(12-13)8-4-5-8/h6-9H,1-5H2. The van der Waals surface area contributed by atoms with E-state index in [1.807, 2.05) is 6.07 Å². The van der Waals surface area contributed by atoms with Crippen molar-refractivity contribution in [1.29, 1.82) is 0 Å². The van der Waals surface area contributed by atoms with Crippen LogP contribution in [0.3, 0.4) is 0 Å². The summed E-state index contributed by atoms with van der Waals surface area (Å²) in [5.74, 6) is 0.582. The van der Waals surface area contributed by atoms with Gasteiger partial charge in [0.05, 0.1) is 17.8 Å². The van der Waals surface area contributed by atoms with E-state index in [1.54, 1.807) is 6.20 Å². The Morgan fingerprint density at radius 2 is 2.20 bits per heavy atom. The van der Waals surface area contributed by atoms with E-state index in [0.717, 1.165) is 25.0 Å². The van der Waals surface area contributed by atoms with Gasteiger partial charge in [-0.2, -0.15) is 0 Å². The molecule has 4 nitrogen and oxygen atoms in total. The summed E-state index contributed by atoms with van der Waals surface area (Å²) in [5, 5.41) is 4.23. The molecule has 4 heteroatoms. The fraction of sp³-hybridized carbons (Fsp3) is 0.636. The average Bonchev–Trinajstić information content (AvgIpc) is 2.86. The van der Waals surface area contributed by atoms with Crippen molar-refractivity contribution in [3.63, 3.8) is 0 Å². The van der Waals surface area contributed by atoms with Crippen LogP contribution in [0.4, 0.5) is 0 Å². The number of aromatic nitrogens is 2. The van der Waals surface area contributed by atoms with Gasteiger partial charge in [0, 0.05) is 5.92 Å². The van der Waals surface area contributed by atoms with Crippen LogP contribution in [0.2, 0.25) is 0 Å². The Morgan fingerprint density at radius 3 is 2.80 bits per heavy atom. The SMILES string of the molecule is O=C(On1ccc(C2CC2)n1)C1CCC1. The molecule has 0 N–H and O–H groups in total. The maximum Gasteiger partial charge on any atom is 0.337 e. The maximum atomic E-state index is 11.5. The van der Waals surface area contributed by atoms with Crippen molar-refractivity contribution in [2.75, 3.05) is 0 Å². The average molecular weight is 206 g/mol. The number of hydrogen-bond donors (Lipinski definition) is 0. The van der Waals surface area contributed by atoms with Crippen LogP contribution in [0.15, 0.2) is 12.3 Å². The van der Waals surface area contributed by atoms with Crippen molar-refractivity contribution in [2.24, 2.45) is 5.92 Å². The van der Waals surface area contributed by atoms with E-state index in [0.29, 0.717) is 5.92 Å². The molecule has 2 saturated carbocycles. The highest BCUT2D eigenvalue weighted by atomic mass is 16.7. The zero-order valence-corrected chi connectivity index (χ0v) is 8.56. The van der Waals surface area contributed by atoms with Crippen LogP contribution in [0.1, 0.15) is 43.7 Å². The molecule has 15 heavy (non-hydrogen) atoms. The molecule has 0 unspecified atom stereocenters. The minimum absolute atomic E-state index is 0.110. The summed E-state index contributed by atoms with van der Waals surface area (Å²) < 4.78 is 0. The highest BCUT2D eigenvalue weighted by Crippen LogP contribution is 2.38. The van der Waals surface area contributed by atoms with Gasteiger partial charge in [0.2, 0.25) is 0 Å². The molecule has 0 amide bonds. The van der Waals surface area contributed by atoms with E-state index in [1.165, 1.54) is 17.7 Å². The van der Waals surface area contributed by atoms with Gasteiger partial charge in [-0.25, -0.2) is 4.79 Å². The minimum Gasteiger partial charge on any atom is -0.319 e. The van der Waals surface area contributed by atoms with Crippen LogP contribution in [0.5, 0.6) is 0 Å². The molecule has 2 aliphatic rings. The first kappa shape index (κ1) is 8.95. The van der Waals surface area contributed by atoms with Gasteiger partial charge in [-0.3, -0.25) is 0 Å². The van der Waals surface area contributed by atoms with Crippen molar-refractivity contribution in [1.82, 2.24) is 9.94 Å². The largest absolute Gasteiger partial charge is 0.337 e. The van der Waals surface area contributed by atoms with E-state index >= 15 is 0 Å². The highest BCUT2D eigenvalue weighted by Gasteiger charge is 2.29. The summed E-state index contributed by atoms with van der Waals surface area (Å²) in [5.41, 5.74) is 1.05. The van der Waals surface area contributed by atoms with Gasteiger partial charge in [-0.05, 0) is 31.7 Å². The maximum absolute atomic E-state index is 11.5. The second kappa shape index (κ2) is 3.36. The molecule has 1 heterocycles. The molecular weight excluding hydrogens is 192 g/mol. The monoisotopic (exact) mass is 206 g/mol. The third kappa shape index (κ3) is 1.76. The van der Waals surface area contributed by atoms with Crippen LogP contribution in [0.25, 0.3) is 0 Å². The Kier molecular flexibility index (Phi) is 2.01. The molecule has 2 fully saturated rings. The van der Waals surface area contributed by atoms with Gasteiger partial charge in [0.1, 0.15) is 0 Å². The summed E-state index contributed by atoms with van der Waals surface area (Å²) in [7, 11) is 0. The first-order chi connectivity index (χ1) is 7.33. The van der Waals surface area contributed by atoms with Crippen molar-refractivity contribution >= 4 is 5.97 Å². The van der Waals surface area contributed by atoms with E-state index in [-0.39, 0.29) is 11.9 Å². The van der Waals surface area contributed by atoms with Crippen LogP contribution >= 0.6 is 0 Å². The molecule has 0 spiro atoms. The lowest BCUT2D eigenvalue weighted by molar-refractivity contribution is -0.153. The van der Waals surface area contributed by atoms with Gasteiger partial charge in [0.15, 0.2) is 0 Å². The van der Waals surface area contributed by atoms with E-state index in [9.17, 15) is 4.79 Å². The number of carbonyl (C=O) groups excluding carboxylic acids is 1. The zero-order valence-electron chi connectivity index (χ0n) is 8.56. The quantitative estimate of drug-likeness (QED) is 0.753. The Balaban J connectivity index is 1.62. The summed E-state index contributed by atoms with van der Waals surface area (Å²) in [6.07, 6.45) is 7.24. The lowest BCUT2D eigenvalue weighted by atomic mass is 9.86. The first-order valence-electron chi connectivity index (χ1n) is 5.60. The second-order valence-corrected chi connectivity index (χ2v) is 4.46. The molecule has 0 aromatic carbocycles. The number of nitrogens with zero attached hydrogens (tertiary/aromatic N) is 2. The normalized spacial score (nSPS) is 21.1. The smallest absolute Gasteiger partial charge is 0.319 e. The van der Waals surface area contributed by atoms with Crippen molar-refractivity contribution < 1.29 is 9.63 Å². The van der Waals surface area contributed by atoms with E-state index < -0.39 is 0 Å². The highest BCUT2D eigenvalue weighted by molar-refractivity contribution is 5.73. The second-order valence-electron chi connectivity index (χ2n) is 4.46. The third-order valence-corrected chi connectivity index (χ3v) is 3.20. The van der Waals surface area contributed by atoms with Crippen LogP contribution in [-0.4, -0.2) is 15.9 Å². The molecule has 0 aliphatic heterocycles. The summed E-state index contributed by atoms with van der Waals surface area (Å²) in [6, 6.07) is 1.94. The Morgan fingerprint density at radius 1 is 1.40 bits per heavy atom. The lowest BCUT2D eigenvalue weighted by Gasteiger charge is -2.22. The molecular formula is C11H14N2O2. The van der Waals surface area contributed by atoms with Crippen LogP contribution in [-0.2, 0) is 4.79 Å². The Labute approximate surface area is 88.2 Å². The molecule has 0 atom stereocenters. The van der Waals surface area contributed by atoms with Crippen LogP contribution < -0.4 is 4.84 Å². The number of hydrogen-bond acceptors (Lipinski definition) is 3. The molecule has 80 valence electrons. The molecule has 0 bridgehead atoms. The molecule has 0 saturated heterocycles. The van der Waals surface area contributed by atoms with Gasteiger partial charge in [-0.15, -0.1) is 5.10 Å². The zero-order chi connectivity index (χ0) is 10.3. The van der Waals surface area contributed by atoms with Crippen molar-refractivity contribution in [3.8, 4) is 0 Å². The van der Waals surface area contributed by atoms with Crippen LogP contribution in [0, 0.1) is 5.92 Å². The van der Waals surface area contributed by atoms with Gasteiger partial charge in [0.25, 0.3) is 0 Å². The van der Waals surface area contributed by atoms with Gasteiger partial charge < -0.3 is 4.84 Å². The van der Waals surface area contributed by atoms with E-state index in [2.05, 4.69) is 5.10 Å². The molecule has 2 aliphatic carbocycles. The lowest BCUT2D eigenvalue weighted by Crippen LogP contribution is -2.31. The Bertz CT molecular complexity index is 378.